The van der Waals surface area contributed by atoms with Crippen molar-refractivity contribution in [2.24, 2.45) is 0 Å². The van der Waals surface area contributed by atoms with Gasteiger partial charge in [0, 0.05) is 35.8 Å². The largest absolute Gasteiger partial charge is 0.508 e. The summed E-state index contributed by atoms with van der Waals surface area (Å²) in [6.07, 6.45) is 1.30. The number of hydrogen-bond acceptors (Lipinski definition) is 3. The number of ether oxygens (including phenoxy) is 1. The highest BCUT2D eigenvalue weighted by Gasteiger charge is 2.22. The SMILES string of the molecule is CC1CN(C(C)c2cc(Br)ccc2O)CCCO1. The standard InChI is InChI=1S/C14H20BrNO2/c1-10-9-16(6-3-7-18-10)11(2)13-8-12(15)4-5-14(13)17/h4-5,8,10-11,17H,3,6-7,9H2,1-2H3. The monoisotopic (exact) mass is 313 g/mol. The van der Waals surface area contributed by atoms with Crippen molar-refractivity contribution in [3.8, 4) is 5.75 Å². The van der Waals surface area contributed by atoms with E-state index in [0.29, 0.717) is 5.75 Å². The van der Waals surface area contributed by atoms with Crippen LogP contribution in [0.3, 0.4) is 0 Å². The van der Waals surface area contributed by atoms with E-state index in [0.717, 1.165) is 36.2 Å². The van der Waals surface area contributed by atoms with Crippen LogP contribution in [-0.2, 0) is 4.74 Å². The molecule has 2 rings (SSSR count). The first kappa shape index (κ1) is 13.8. The molecule has 0 amide bonds. The number of hydrogen-bond donors (Lipinski definition) is 1. The minimum atomic E-state index is 0.201. The van der Waals surface area contributed by atoms with E-state index < -0.39 is 0 Å². The van der Waals surface area contributed by atoms with Crippen LogP contribution in [0.2, 0.25) is 0 Å². The molecule has 18 heavy (non-hydrogen) atoms. The van der Waals surface area contributed by atoms with Gasteiger partial charge in [-0.25, -0.2) is 0 Å². The van der Waals surface area contributed by atoms with Crippen molar-refractivity contribution < 1.29 is 9.84 Å². The number of rotatable bonds is 2. The molecule has 1 heterocycles. The van der Waals surface area contributed by atoms with Gasteiger partial charge < -0.3 is 9.84 Å². The fraction of sp³-hybridized carbons (Fsp3) is 0.571. The third kappa shape index (κ3) is 3.25. The highest BCUT2D eigenvalue weighted by Crippen LogP contribution is 2.31. The van der Waals surface area contributed by atoms with Gasteiger partial charge in [0.25, 0.3) is 0 Å². The number of phenolic OH excluding ortho intramolecular Hbond substituents is 1. The molecule has 0 aliphatic carbocycles. The first-order valence-electron chi connectivity index (χ1n) is 6.42. The zero-order valence-electron chi connectivity index (χ0n) is 10.9. The van der Waals surface area contributed by atoms with Gasteiger partial charge in [0.1, 0.15) is 5.75 Å². The van der Waals surface area contributed by atoms with Crippen molar-refractivity contribution in [2.45, 2.75) is 32.4 Å². The van der Waals surface area contributed by atoms with E-state index in [2.05, 4.69) is 34.7 Å². The summed E-state index contributed by atoms with van der Waals surface area (Å²) < 4.78 is 6.66. The molecule has 3 nitrogen and oxygen atoms in total. The summed E-state index contributed by atoms with van der Waals surface area (Å²) in [5.41, 5.74) is 0.971. The van der Waals surface area contributed by atoms with E-state index in [1.54, 1.807) is 6.07 Å². The van der Waals surface area contributed by atoms with Gasteiger partial charge in [-0.05, 0) is 38.5 Å². The Labute approximate surface area is 117 Å². The topological polar surface area (TPSA) is 32.7 Å². The van der Waals surface area contributed by atoms with Gasteiger partial charge in [0.05, 0.1) is 6.10 Å². The molecule has 0 bridgehead atoms. The van der Waals surface area contributed by atoms with Gasteiger partial charge in [-0.1, -0.05) is 15.9 Å². The highest BCUT2D eigenvalue weighted by atomic mass is 79.9. The first-order chi connectivity index (χ1) is 8.58. The Morgan fingerprint density at radius 3 is 3.06 bits per heavy atom. The van der Waals surface area contributed by atoms with E-state index in [9.17, 15) is 5.11 Å². The second kappa shape index (κ2) is 6.04. The van der Waals surface area contributed by atoms with Crippen LogP contribution in [0.5, 0.6) is 5.75 Å². The molecule has 0 aromatic heterocycles. The van der Waals surface area contributed by atoms with Crippen molar-refractivity contribution >= 4 is 15.9 Å². The molecule has 0 spiro atoms. The van der Waals surface area contributed by atoms with Gasteiger partial charge in [-0.2, -0.15) is 0 Å². The van der Waals surface area contributed by atoms with Crippen molar-refractivity contribution in [3.05, 3.63) is 28.2 Å². The Bertz CT molecular complexity index is 411. The van der Waals surface area contributed by atoms with Crippen LogP contribution >= 0.6 is 15.9 Å². The van der Waals surface area contributed by atoms with Crippen LogP contribution in [0.25, 0.3) is 0 Å². The van der Waals surface area contributed by atoms with Crippen LogP contribution in [0.15, 0.2) is 22.7 Å². The number of benzene rings is 1. The lowest BCUT2D eigenvalue weighted by Crippen LogP contribution is -2.32. The molecule has 0 saturated carbocycles. The molecule has 1 aromatic carbocycles. The molecule has 1 N–H and O–H groups in total. The molecular weight excluding hydrogens is 294 g/mol. The maximum atomic E-state index is 9.99. The Morgan fingerprint density at radius 2 is 2.28 bits per heavy atom. The van der Waals surface area contributed by atoms with Crippen LogP contribution in [-0.4, -0.2) is 35.8 Å². The number of aromatic hydroxyl groups is 1. The minimum Gasteiger partial charge on any atom is -0.508 e. The molecule has 1 aliphatic heterocycles. The fourth-order valence-corrected chi connectivity index (χ4v) is 2.81. The first-order valence-corrected chi connectivity index (χ1v) is 7.21. The molecule has 2 atom stereocenters. The predicted molar refractivity (Wildman–Crippen MR) is 75.8 cm³/mol. The third-order valence-corrected chi connectivity index (χ3v) is 3.96. The summed E-state index contributed by atoms with van der Waals surface area (Å²) in [6.45, 7) is 6.99. The summed E-state index contributed by atoms with van der Waals surface area (Å²) in [7, 11) is 0. The average molecular weight is 314 g/mol. The molecule has 1 aromatic rings. The van der Waals surface area contributed by atoms with Crippen molar-refractivity contribution in [1.82, 2.24) is 4.90 Å². The van der Waals surface area contributed by atoms with E-state index in [-0.39, 0.29) is 12.1 Å². The zero-order valence-corrected chi connectivity index (χ0v) is 12.5. The maximum absolute atomic E-state index is 9.99. The normalized spacial score (nSPS) is 23.6. The lowest BCUT2D eigenvalue weighted by Gasteiger charge is -2.29. The van der Waals surface area contributed by atoms with E-state index in [1.807, 2.05) is 12.1 Å². The summed E-state index contributed by atoms with van der Waals surface area (Å²) in [4.78, 5) is 2.37. The fourth-order valence-electron chi connectivity index (χ4n) is 2.43. The van der Waals surface area contributed by atoms with Crippen molar-refractivity contribution in [1.29, 1.82) is 0 Å². The number of halogens is 1. The molecule has 4 heteroatoms. The highest BCUT2D eigenvalue weighted by molar-refractivity contribution is 9.10. The van der Waals surface area contributed by atoms with Crippen molar-refractivity contribution in [3.63, 3.8) is 0 Å². The van der Waals surface area contributed by atoms with Gasteiger partial charge in [-0.15, -0.1) is 0 Å². The smallest absolute Gasteiger partial charge is 0.120 e. The van der Waals surface area contributed by atoms with Crippen LogP contribution in [0.1, 0.15) is 31.9 Å². The average Bonchev–Trinajstić information content (AvgIpc) is 2.56. The summed E-state index contributed by atoms with van der Waals surface area (Å²) in [6, 6.07) is 5.80. The molecule has 100 valence electrons. The summed E-state index contributed by atoms with van der Waals surface area (Å²) in [5, 5.41) is 9.99. The second-order valence-corrected chi connectivity index (χ2v) is 5.82. The minimum absolute atomic E-state index is 0.201. The lowest BCUT2D eigenvalue weighted by molar-refractivity contribution is 0.0618. The quantitative estimate of drug-likeness (QED) is 0.909. The van der Waals surface area contributed by atoms with Gasteiger partial charge >= 0.3 is 0 Å². The Hall–Kier alpha value is -0.580. The number of nitrogens with zero attached hydrogens (tertiary/aromatic N) is 1. The molecule has 1 fully saturated rings. The van der Waals surface area contributed by atoms with Gasteiger partial charge in [-0.3, -0.25) is 4.90 Å². The maximum Gasteiger partial charge on any atom is 0.120 e. The Kier molecular flexibility index (Phi) is 4.65. The van der Waals surface area contributed by atoms with Crippen molar-refractivity contribution in [2.75, 3.05) is 19.7 Å². The van der Waals surface area contributed by atoms with Crippen LogP contribution in [0.4, 0.5) is 0 Å². The zero-order chi connectivity index (χ0) is 13.1. The molecule has 0 radical (unpaired) electrons. The summed E-state index contributed by atoms with van der Waals surface area (Å²) in [5.74, 6) is 0.364. The van der Waals surface area contributed by atoms with Gasteiger partial charge in [0.2, 0.25) is 0 Å². The lowest BCUT2D eigenvalue weighted by atomic mass is 10.1. The second-order valence-electron chi connectivity index (χ2n) is 4.91. The Balaban J connectivity index is 2.18. The molecule has 1 aliphatic rings. The third-order valence-electron chi connectivity index (χ3n) is 3.47. The molecular formula is C14H20BrNO2. The van der Waals surface area contributed by atoms with Gasteiger partial charge in [0.15, 0.2) is 0 Å². The molecule has 2 unspecified atom stereocenters. The predicted octanol–water partition coefficient (Wildman–Crippen LogP) is 3.33. The number of phenols is 1. The van der Waals surface area contributed by atoms with E-state index in [4.69, 9.17) is 4.74 Å². The van der Waals surface area contributed by atoms with Crippen LogP contribution < -0.4 is 0 Å². The summed E-state index contributed by atoms with van der Waals surface area (Å²) >= 11 is 3.46. The molecule has 1 saturated heterocycles. The van der Waals surface area contributed by atoms with E-state index in [1.165, 1.54) is 0 Å². The van der Waals surface area contributed by atoms with Crippen LogP contribution in [0, 0.1) is 0 Å². The Morgan fingerprint density at radius 1 is 1.50 bits per heavy atom. The van der Waals surface area contributed by atoms with E-state index >= 15 is 0 Å².